The summed E-state index contributed by atoms with van der Waals surface area (Å²) in [6, 6.07) is 9.93. The van der Waals surface area contributed by atoms with E-state index < -0.39 is 0 Å². The number of fused-ring (bicyclic) bond motifs is 1. The van der Waals surface area contributed by atoms with Gasteiger partial charge in [0.25, 0.3) is 0 Å². The van der Waals surface area contributed by atoms with E-state index in [1.807, 2.05) is 18.2 Å². The largest absolute Gasteiger partial charge is 0.486 e. The summed E-state index contributed by atoms with van der Waals surface area (Å²) in [6.45, 7) is 1.48. The van der Waals surface area contributed by atoms with Crippen molar-refractivity contribution in [2.45, 2.75) is 6.54 Å². The van der Waals surface area contributed by atoms with Crippen LogP contribution in [-0.4, -0.2) is 13.2 Å². The van der Waals surface area contributed by atoms with Gasteiger partial charge in [0.2, 0.25) is 0 Å². The molecule has 5 heteroatoms. The molecule has 0 aliphatic carbocycles. The Labute approximate surface area is 121 Å². The first-order valence-corrected chi connectivity index (χ1v) is 6.68. The van der Waals surface area contributed by atoms with Gasteiger partial charge in [0, 0.05) is 11.6 Å². The second-order valence-electron chi connectivity index (χ2n) is 4.42. The second-order valence-corrected chi connectivity index (χ2v) is 4.83. The summed E-state index contributed by atoms with van der Waals surface area (Å²) in [5.41, 5.74) is 1.50. The van der Waals surface area contributed by atoms with Gasteiger partial charge in [-0.3, -0.25) is 0 Å². The van der Waals surface area contributed by atoms with Crippen molar-refractivity contribution < 1.29 is 13.9 Å². The Hall–Kier alpha value is -1.94. The molecule has 2 aromatic rings. The number of anilines is 1. The van der Waals surface area contributed by atoms with E-state index in [0.717, 1.165) is 5.69 Å². The number of para-hydroxylation sites is 1. The fourth-order valence-corrected chi connectivity index (χ4v) is 2.27. The molecule has 0 aromatic heterocycles. The summed E-state index contributed by atoms with van der Waals surface area (Å²) in [5.74, 6) is 1.10. The summed E-state index contributed by atoms with van der Waals surface area (Å²) in [7, 11) is 0. The van der Waals surface area contributed by atoms with Gasteiger partial charge in [-0.2, -0.15) is 0 Å². The molecule has 0 saturated carbocycles. The molecule has 0 amide bonds. The minimum Gasteiger partial charge on any atom is -0.486 e. The van der Waals surface area contributed by atoms with Gasteiger partial charge in [0.05, 0.1) is 5.69 Å². The Balaban J connectivity index is 1.80. The smallest absolute Gasteiger partial charge is 0.184 e. The average Bonchev–Trinajstić information content (AvgIpc) is 2.48. The summed E-state index contributed by atoms with van der Waals surface area (Å²) in [6.07, 6.45) is 0. The quantitative estimate of drug-likeness (QED) is 0.932. The van der Waals surface area contributed by atoms with Crippen molar-refractivity contribution in [2.24, 2.45) is 0 Å². The molecule has 0 radical (unpaired) electrons. The summed E-state index contributed by atoms with van der Waals surface area (Å²) >= 11 is 6.04. The fourth-order valence-electron chi connectivity index (χ4n) is 2.08. The number of hydrogen-bond donors (Lipinski definition) is 1. The van der Waals surface area contributed by atoms with Crippen LogP contribution in [0.2, 0.25) is 5.02 Å². The Bertz CT molecular complexity index is 633. The third-order valence-electron chi connectivity index (χ3n) is 3.04. The fraction of sp³-hybridized carbons (Fsp3) is 0.200. The molecule has 3 rings (SSSR count). The highest BCUT2D eigenvalue weighted by Gasteiger charge is 2.15. The van der Waals surface area contributed by atoms with E-state index >= 15 is 0 Å². The average molecular weight is 294 g/mol. The molecule has 20 heavy (non-hydrogen) atoms. The van der Waals surface area contributed by atoms with E-state index in [1.54, 1.807) is 6.07 Å². The molecular weight excluding hydrogens is 281 g/mol. The van der Waals surface area contributed by atoms with Gasteiger partial charge >= 0.3 is 0 Å². The Morgan fingerprint density at radius 1 is 1.15 bits per heavy atom. The molecule has 104 valence electrons. The minimum absolute atomic E-state index is 0.305. The predicted molar refractivity (Wildman–Crippen MR) is 76.2 cm³/mol. The summed E-state index contributed by atoms with van der Waals surface area (Å²) in [4.78, 5) is 0. The highest BCUT2D eigenvalue weighted by molar-refractivity contribution is 6.31. The third-order valence-corrected chi connectivity index (χ3v) is 3.41. The molecule has 2 aromatic carbocycles. The topological polar surface area (TPSA) is 30.5 Å². The number of halogens is 2. The number of hydrogen-bond acceptors (Lipinski definition) is 3. The highest BCUT2D eigenvalue weighted by Crippen LogP contribution is 2.37. The molecule has 1 N–H and O–H groups in total. The van der Waals surface area contributed by atoms with Crippen molar-refractivity contribution in [1.82, 2.24) is 0 Å². The van der Waals surface area contributed by atoms with Crippen LogP contribution in [0.5, 0.6) is 11.5 Å². The van der Waals surface area contributed by atoms with Crippen LogP contribution < -0.4 is 14.8 Å². The van der Waals surface area contributed by atoms with Gasteiger partial charge in [-0.1, -0.05) is 17.7 Å². The first-order valence-electron chi connectivity index (χ1n) is 6.30. The molecule has 0 saturated heterocycles. The maximum Gasteiger partial charge on any atom is 0.184 e. The molecule has 0 atom stereocenters. The van der Waals surface area contributed by atoms with E-state index in [4.69, 9.17) is 21.1 Å². The van der Waals surface area contributed by atoms with Crippen molar-refractivity contribution in [3.05, 3.63) is 52.8 Å². The van der Waals surface area contributed by atoms with Crippen LogP contribution in [0, 0.1) is 5.82 Å². The maximum atomic E-state index is 13.2. The van der Waals surface area contributed by atoms with Crippen molar-refractivity contribution in [3.63, 3.8) is 0 Å². The van der Waals surface area contributed by atoms with E-state index in [-0.39, 0.29) is 5.82 Å². The molecular formula is C15H13ClFNO2. The van der Waals surface area contributed by atoms with Gasteiger partial charge in [-0.15, -0.1) is 0 Å². The van der Waals surface area contributed by atoms with Gasteiger partial charge in [0.15, 0.2) is 11.5 Å². The first kappa shape index (κ1) is 13.1. The van der Waals surface area contributed by atoms with Crippen LogP contribution in [0.1, 0.15) is 5.56 Å². The number of rotatable bonds is 3. The summed E-state index contributed by atoms with van der Waals surface area (Å²) < 4.78 is 24.3. The van der Waals surface area contributed by atoms with Gasteiger partial charge < -0.3 is 14.8 Å². The second kappa shape index (κ2) is 5.59. The van der Waals surface area contributed by atoms with Crippen LogP contribution in [0.3, 0.4) is 0 Å². The lowest BCUT2D eigenvalue weighted by Crippen LogP contribution is -2.16. The molecule has 3 nitrogen and oxygen atoms in total. The lowest BCUT2D eigenvalue weighted by molar-refractivity contribution is 0.172. The van der Waals surface area contributed by atoms with Crippen LogP contribution in [-0.2, 0) is 6.54 Å². The Morgan fingerprint density at radius 2 is 2.00 bits per heavy atom. The highest BCUT2D eigenvalue weighted by atomic mass is 35.5. The standard InChI is InChI=1S/C15H13ClFNO2/c16-12-5-4-11(17)8-10(12)9-18-13-2-1-3-14-15(13)20-7-6-19-14/h1-5,8,18H,6-7,9H2. The molecule has 1 heterocycles. The third kappa shape index (κ3) is 2.65. The summed E-state index contributed by atoms with van der Waals surface area (Å²) in [5, 5.41) is 3.73. The number of ether oxygens (including phenoxy) is 2. The lowest BCUT2D eigenvalue weighted by Gasteiger charge is -2.21. The Morgan fingerprint density at radius 3 is 2.90 bits per heavy atom. The molecule has 0 unspecified atom stereocenters. The zero-order valence-electron chi connectivity index (χ0n) is 10.7. The normalized spacial score (nSPS) is 13.1. The van der Waals surface area contributed by atoms with Crippen molar-refractivity contribution in [3.8, 4) is 11.5 Å². The molecule has 1 aliphatic rings. The van der Waals surface area contributed by atoms with E-state index in [9.17, 15) is 4.39 Å². The van der Waals surface area contributed by atoms with Crippen molar-refractivity contribution >= 4 is 17.3 Å². The first-order chi connectivity index (χ1) is 9.74. The number of benzene rings is 2. The van der Waals surface area contributed by atoms with E-state index in [2.05, 4.69) is 5.32 Å². The van der Waals surface area contributed by atoms with Gasteiger partial charge in [0.1, 0.15) is 19.0 Å². The molecule has 1 aliphatic heterocycles. The van der Waals surface area contributed by atoms with Crippen molar-refractivity contribution in [2.75, 3.05) is 18.5 Å². The Kier molecular flexibility index (Phi) is 3.65. The van der Waals surface area contributed by atoms with Crippen LogP contribution in [0.4, 0.5) is 10.1 Å². The SMILES string of the molecule is Fc1ccc(Cl)c(CNc2cccc3c2OCCO3)c1. The van der Waals surface area contributed by atoms with Crippen LogP contribution >= 0.6 is 11.6 Å². The van der Waals surface area contributed by atoms with E-state index in [1.165, 1.54) is 12.1 Å². The number of nitrogens with one attached hydrogen (secondary N) is 1. The molecule has 0 bridgehead atoms. The van der Waals surface area contributed by atoms with Crippen LogP contribution in [0.25, 0.3) is 0 Å². The monoisotopic (exact) mass is 293 g/mol. The lowest BCUT2D eigenvalue weighted by atomic mass is 10.2. The zero-order valence-corrected chi connectivity index (χ0v) is 11.4. The van der Waals surface area contributed by atoms with Gasteiger partial charge in [-0.05, 0) is 35.9 Å². The molecule has 0 fully saturated rings. The minimum atomic E-state index is -0.305. The van der Waals surface area contributed by atoms with E-state index in [0.29, 0.717) is 41.8 Å². The predicted octanol–water partition coefficient (Wildman–Crippen LogP) is 3.86. The maximum absolute atomic E-state index is 13.2. The molecule has 0 spiro atoms. The van der Waals surface area contributed by atoms with Gasteiger partial charge in [-0.25, -0.2) is 4.39 Å². The van der Waals surface area contributed by atoms with Crippen LogP contribution in [0.15, 0.2) is 36.4 Å². The zero-order chi connectivity index (χ0) is 13.9. The van der Waals surface area contributed by atoms with Crippen molar-refractivity contribution in [1.29, 1.82) is 0 Å².